The molecule has 3 heteroatoms. The van der Waals surface area contributed by atoms with Crippen LogP contribution in [-0.2, 0) is 37.7 Å². The number of aryl methyl sites for hydroxylation is 2. The zero-order valence-corrected chi connectivity index (χ0v) is 26.9. The van der Waals surface area contributed by atoms with Gasteiger partial charge in [0.15, 0.2) is 0 Å². The molecule has 3 rings (SSSR count). The van der Waals surface area contributed by atoms with E-state index >= 15 is 0 Å². The predicted octanol–water partition coefficient (Wildman–Crippen LogP) is 9.13. The summed E-state index contributed by atoms with van der Waals surface area (Å²) in [5.41, 5.74) is 9.72. The largest absolute Gasteiger partial charge is 0.338 e. The third-order valence-corrected chi connectivity index (χ3v) is 15.2. The van der Waals surface area contributed by atoms with E-state index in [1.807, 2.05) is 0 Å². The molecule has 1 nitrogen and oxygen atoms in total. The van der Waals surface area contributed by atoms with Crippen molar-refractivity contribution in [1.82, 2.24) is 0 Å². The number of rotatable bonds is 7. The predicted molar refractivity (Wildman–Crippen MR) is 158 cm³/mol. The van der Waals surface area contributed by atoms with E-state index in [0.29, 0.717) is 17.0 Å². The van der Waals surface area contributed by atoms with Crippen molar-refractivity contribution in [1.29, 1.82) is 0 Å². The van der Waals surface area contributed by atoms with E-state index in [9.17, 15) is 0 Å². The first kappa shape index (κ1) is 30.4. The summed E-state index contributed by atoms with van der Waals surface area (Å²) < 4.78 is 0. The van der Waals surface area contributed by atoms with Gasteiger partial charge in [-0.15, -0.1) is 0 Å². The van der Waals surface area contributed by atoms with Crippen LogP contribution in [0.25, 0.3) is 0 Å². The van der Waals surface area contributed by atoms with Gasteiger partial charge in [0, 0.05) is 41.5 Å². The normalized spacial score (nSPS) is 20.2. The molecule has 1 heterocycles. The fourth-order valence-corrected chi connectivity index (χ4v) is 14.5. The van der Waals surface area contributed by atoms with Crippen LogP contribution in [0.1, 0.15) is 99.3 Å². The number of nitrogens with zero attached hydrogens (tertiary/aromatic N) is 1. The van der Waals surface area contributed by atoms with Crippen molar-refractivity contribution in [2.75, 3.05) is 4.90 Å². The molecular formula is C32H50NPRu. The Morgan fingerprint density at radius 3 is 1.60 bits per heavy atom. The third kappa shape index (κ3) is 4.89. The Morgan fingerprint density at radius 1 is 0.743 bits per heavy atom. The summed E-state index contributed by atoms with van der Waals surface area (Å²) >= 11 is 0. The summed E-state index contributed by atoms with van der Waals surface area (Å²) in [6.45, 7) is 25.8. The van der Waals surface area contributed by atoms with Gasteiger partial charge in [-0.3, -0.25) is 0 Å². The van der Waals surface area contributed by atoms with Gasteiger partial charge in [0.25, 0.3) is 0 Å². The van der Waals surface area contributed by atoms with Gasteiger partial charge in [-0.2, -0.15) is 0 Å². The SMILES string of the molecule is CCc1cccc(CC)c1N1C(=P(C(C)C)(C(C)C)C(C)C)C(C)(c2ccccc2)CC1(C)C.[Ru]. The van der Waals surface area contributed by atoms with E-state index in [2.05, 4.69) is 130 Å². The van der Waals surface area contributed by atoms with Crippen molar-refractivity contribution in [3.05, 3.63) is 65.2 Å². The van der Waals surface area contributed by atoms with Gasteiger partial charge in [0.1, 0.15) is 0 Å². The second-order valence-electron chi connectivity index (χ2n) is 12.1. The van der Waals surface area contributed by atoms with Crippen LogP contribution in [0.2, 0.25) is 0 Å². The van der Waals surface area contributed by atoms with Gasteiger partial charge in [0.2, 0.25) is 0 Å². The van der Waals surface area contributed by atoms with Gasteiger partial charge in [-0.1, -0.05) is 111 Å². The third-order valence-electron chi connectivity index (χ3n) is 8.63. The maximum atomic E-state index is 2.91. The summed E-state index contributed by atoms with van der Waals surface area (Å²) in [4.78, 5) is 2.91. The van der Waals surface area contributed by atoms with Gasteiger partial charge in [-0.05, 0) is 73.7 Å². The zero-order valence-electron chi connectivity index (χ0n) is 24.2. The van der Waals surface area contributed by atoms with Gasteiger partial charge in [-0.25, -0.2) is 0 Å². The Balaban J connectivity index is 0.00000432. The van der Waals surface area contributed by atoms with Crippen LogP contribution >= 0.6 is 6.89 Å². The topological polar surface area (TPSA) is 3.24 Å². The minimum absolute atomic E-state index is 0. The van der Waals surface area contributed by atoms with E-state index < -0.39 is 6.89 Å². The molecular weight excluding hydrogens is 530 g/mol. The van der Waals surface area contributed by atoms with E-state index in [1.54, 1.807) is 5.42 Å². The molecule has 0 saturated carbocycles. The molecule has 0 aromatic heterocycles. The first-order valence-electron chi connectivity index (χ1n) is 13.6. The molecule has 0 bridgehead atoms. The Labute approximate surface area is 230 Å². The number of hydrogen-bond acceptors (Lipinski definition) is 0. The van der Waals surface area contributed by atoms with E-state index in [4.69, 9.17) is 0 Å². The number of para-hydroxylation sites is 1. The van der Waals surface area contributed by atoms with Crippen molar-refractivity contribution < 1.29 is 19.5 Å². The molecule has 0 aliphatic carbocycles. The maximum Gasteiger partial charge on any atom is 0.0478 e. The number of hydrogen-bond donors (Lipinski definition) is 0. The molecule has 1 saturated heterocycles. The quantitative estimate of drug-likeness (QED) is 0.233. The van der Waals surface area contributed by atoms with Crippen molar-refractivity contribution in [2.45, 2.75) is 123 Å². The van der Waals surface area contributed by atoms with Crippen LogP contribution in [-0.4, -0.2) is 27.9 Å². The molecule has 1 aliphatic rings. The summed E-state index contributed by atoms with van der Waals surface area (Å²) in [5, 5.41) is 0. The van der Waals surface area contributed by atoms with Crippen molar-refractivity contribution in [3.63, 3.8) is 0 Å². The smallest absolute Gasteiger partial charge is 0.0478 e. The summed E-state index contributed by atoms with van der Waals surface area (Å²) in [6, 6.07) is 18.5. The van der Waals surface area contributed by atoms with Gasteiger partial charge in [0.05, 0.1) is 0 Å². The van der Waals surface area contributed by atoms with Crippen LogP contribution in [0.5, 0.6) is 0 Å². The van der Waals surface area contributed by atoms with Crippen LogP contribution < -0.4 is 4.90 Å². The van der Waals surface area contributed by atoms with E-state index in [0.717, 1.165) is 19.3 Å². The molecule has 1 unspecified atom stereocenters. The van der Waals surface area contributed by atoms with Gasteiger partial charge < -0.3 is 4.90 Å². The Kier molecular flexibility index (Phi) is 9.79. The Bertz CT molecular complexity index is 1000. The molecule has 0 radical (unpaired) electrons. The first-order chi connectivity index (χ1) is 15.9. The van der Waals surface area contributed by atoms with Crippen molar-refractivity contribution in [3.8, 4) is 0 Å². The second kappa shape index (κ2) is 11.3. The monoisotopic (exact) mass is 581 g/mol. The maximum absolute atomic E-state index is 2.91. The minimum atomic E-state index is -1.57. The molecule has 0 N–H and O–H groups in total. The summed E-state index contributed by atoms with van der Waals surface area (Å²) in [7, 11) is 0. The fraction of sp³-hybridized carbons (Fsp3) is 0.594. The Morgan fingerprint density at radius 2 is 1.20 bits per heavy atom. The van der Waals surface area contributed by atoms with Crippen LogP contribution in [0.15, 0.2) is 48.5 Å². The second-order valence-corrected chi connectivity index (χ2v) is 17.3. The molecule has 35 heavy (non-hydrogen) atoms. The standard InChI is InChI=1S/C32H50NP.Ru/c1-12-26-18-17-19-27(13-2)29(26)33-30(34(23(3)4,24(5)6)25(7)8)32(11,22-31(33,9)10)28-20-15-14-16-21-28;/h14-21,23-25H,12-13,22H2,1-11H3;. The van der Waals surface area contributed by atoms with Crippen molar-refractivity contribution >= 4 is 18.0 Å². The average molecular weight is 581 g/mol. The van der Waals surface area contributed by atoms with Gasteiger partial charge >= 0.3 is 0 Å². The Hall–Kier alpha value is -0.837. The molecule has 2 aromatic carbocycles. The van der Waals surface area contributed by atoms with E-state index in [-0.39, 0.29) is 30.4 Å². The van der Waals surface area contributed by atoms with Crippen LogP contribution in [0.4, 0.5) is 5.69 Å². The van der Waals surface area contributed by atoms with Crippen LogP contribution in [0.3, 0.4) is 0 Å². The summed E-state index contributed by atoms with van der Waals surface area (Å²) in [6.07, 6.45) is 3.29. The first-order valence-corrected chi connectivity index (χ1v) is 15.6. The van der Waals surface area contributed by atoms with Crippen LogP contribution in [0, 0.1) is 0 Å². The molecule has 1 atom stereocenters. The average Bonchev–Trinajstić information content (AvgIpc) is 2.99. The minimum Gasteiger partial charge on any atom is -0.338 e. The van der Waals surface area contributed by atoms with E-state index in [1.165, 1.54) is 22.4 Å². The zero-order chi connectivity index (χ0) is 25.5. The summed E-state index contributed by atoms with van der Waals surface area (Å²) in [5.74, 6) is 0. The fourth-order valence-electron chi connectivity index (χ4n) is 7.63. The molecule has 2 aromatic rings. The number of benzene rings is 2. The molecule has 0 amide bonds. The van der Waals surface area contributed by atoms with Crippen molar-refractivity contribution in [2.24, 2.45) is 0 Å². The number of anilines is 1. The molecule has 196 valence electrons. The molecule has 0 spiro atoms. The molecule has 1 aliphatic heterocycles. The molecule has 1 fully saturated rings.